The molecule has 1 amide bonds. The standard InChI is InChI=1S/C16H22F2N4O/c17-16(18)6-3-10-22(11-7-16)15-12(14(19)23)4-5-13(20-15)21-8-1-2-9-21/h4-5H,1-3,6-11H2,(H2,19,23). The summed E-state index contributed by atoms with van der Waals surface area (Å²) in [5.74, 6) is -1.98. The van der Waals surface area contributed by atoms with Crippen LogP contribution < -0.4 is 15.5 Å². The predicted octanol–water partition coefficient (Wildman–Crippen LogP) is 2.41. The Bertz CT molecular complexity index is 587. The molecule has 3 heterocycles. The van der Waals surface area contributed by atoms with Gasteiger partial charge in [-0.2, -0.15) is 0 Å². The number of pyridine rings is 1. The second-order valence-electron chi connectivity index (χ2n) is 6.30. The fraction of sp³-hybridized carbons (Fsp3) is 0.625. The van der Waals surface area contributed by atoms with E-state index in [0.29, 0.717) is 24.3 Å². The minimum absolute atomic E-state index is 0.124. The first-order valence-corrected chi connectivity index (χ1v) is 8.15. The SMILES string of the molecule is NC(=O)c1ccc(N2CCCC2)nc1N1CCCC(F)(F)CC1. The van der Waals surface area contributed by atoms with Gasteiger partial charge in [0.25, 0.3) is 5.91 Å². The van der Waals surface area contributed by atoms with Gasteiger partial charge in [-0.15, -0.1) is 0 Å². The summed E-state index contributed by atoms with van der Waals surface area (Å²) < 4.78 is 27.2. The first-order valence-electron chi connectivity index (χ1n) is 8.15. The Morgan fingerprint density at radius 1 is 1.04 bits per heavy atom. The number of hydrogen-bond acceptors (Lipinski definition) is 4. The molecule has 0 spiro atoms. The van der Waals surface area contributed by atoms with Crippen LogP contribution in [-0.4, -0.2) is 43.0 Å². The van der Waals surface area contributed by atoms with E-state index in [-0.39, 0.29) is 19.4 Å². The van der Waals surface area contributed by atoms with Gasteiger partial charge >= 0.3 is 0 Å². The number of halogens is 2. The second-order valence-corrected chi connectivity index (χ2v) is 6.30. The summed E-state index contributed by atoms with van der Waals surface area (Å²) in [5, 5.41) is 0. The van der Waals surface area contributed by atoms with Crippen molar-refractivity contribution in [2.24, 2.45) is 5.73 Å². The fourth-order valence-corrected chi connectivity index (χ4v) is 3.27. The lowest BCUT2D eigenvalue weighted by molar-refractivity contribution is -0.0102. The van der Waals surface area contributed by atoms with E-state index in [1.54, 1.807) is 17.0 Å². The number of carbonyl (C=O) groups is 1. The lowest BCUT2D eigenvalue weighted by Crippen LogP contribution is -2.30. The molecule has 2 fully saturated rings. The molecule has 7 heteroatoms. The van der Waals surface area contributed by atoms with Crippen LogP contribution in [0.1, 0.15) is 42.5 Å². The van der Waals surface area contributed by atoms with Gasteiger partial charge in [-0.1, -0.05) is 0 Å². The number of aromatic nitrogens is 1. The van der Waals surface area contributed by atoms with E-state index in [9.17, 15) is 13.6 Å². The summed E-state index contributed by atoms with van der Waals surface area (Å²) in [7, 11) is 0. The van der Waals surface area contributed by atoms with Crippen molar-refractivity contribution < 1.29 is 13.6 Å². The first kappa shape index (κ1) is 16.0. The maximum atomic E-state index is 13.6. The Labute approximate surface area is 134 Å². The zero-order chi connectivity index (χ0) is 16.4. The average Bonchev–Trinajstić information content (AvgIpc) is 2.98. The molecule has 0 aromatic carbocycles. The summed E-state index contributed by atoms with van der Waals surface area (Å²) in [5.41, 5.74) is 5.75. The van der Waals surface area contributed by atoms with Crippen LogP contribution in [0.3, 0.4) is 0 Å². The zero-order valence-electron chi connectivity index (χ0n) is 13.1. The molecule has 3 rings (SSSR count). The Balaban J connectivity index is 1.91. The van der Waals surface area contributed by atoms with Crippen LogP contribution in [0.5, 0.6) is 0 Å². The van der Waals surface area contributed by atoms with Crippen molar-refractivity contribution in [2.45, 2.75) is 38.0 Å². The predicted molar refractivity (Wildman–Crippen MR) is 85.2 cm³/mol. The molecule has 0 aliphatic carbocycles. The summed E-state index contributed by atoms with van der Waals surface area (Å²) in [4.78, 5) is 20.2. The summed E-state index contributed by atoms with van der Waals surface area (Å²) in [6.07, 6.45) is 2.26. The molecule has 2 aliphatic heterocycles. The van der Waals surface area contributed by atoms with Crippen molar-refractivity contribution in [1.29, 1.82) is 0 Å². The van der Waals surface area contributed by atoms with E-state index in [1.807, 2.05) is 0 Å². The third kappa shape index (κ3) is 3.54. The monoisotopic (exact) mass is 324 g/mol. The van der Waals surface area contributed by atoms with Gasteiger partial charge in [-0.25, -0.2) is 13.8 Å². The zero-order valence-corrected chi connectivity index (χ0v) is 13.1. The molecule has 2 aliphatic rings. The Morgan fingerprint density at radius 3 is 2.43 bits per heavy atom. The number of rotatable bonds is 3. The maximum Gasteiger partial charge on any atom is 0.252 e. The topological polar surface area (TPSA) is 62.5 Å². The minimum Gasteiger partial charge on any atom is -0.365 e. The van der Waals surface area contributed by atoms with Gasteiger partial charge in [0.1, 0.15) is 11.6 Å². The molecule has 0 atom stereocenters. The number of nitrogens with two attached hydrogens (primary N) is 1. The van der Waals surface area contributed by atoms with Crippen LogP contribution in [0.4, 0.5) is 20.4 Å². The van der Waals surface area contributed by atoms with Crippen LogP contribution in [0.15, 0.2) is 12.1 Å². The van der Waals surface area contributed by atoms with Crippen LogP contribution in [0, 0.1) is 0 Å². The molecule has 1 aromatic heterocycles. The third-order valence-electron chi connectivity index (χ3n) is 4.57. The average molecular weight is 324 g/mol. The van der Waals surface area contributed by atoms with Crippen molar-refractivity contribution in [3.05, 3.63) is 17.7 Å². The van der Waals surface area contributed by atoms with E-state index in [1.165, 1.54) is 0 Å². The highest BCUT2D eigenvalue weighted by Gasteiger charge is 2.33. The van der Waals surface area contributed by atoms with E-state index < -0.39 is 11.8 Å². The van der Waals surface area contributed by atoms with Crippen molar-refractivity contribution in [1.82, 2.24) is 4.98 Å². The van der Waals surface area contributed by atoms with Gasteiger partial charge in [0, 0.05) is 39.0 Å². The number of nitrogens with zero attached hydrogens (tertiary/aromatic N) is 3. The molecule has 2 N–H and O–H groups in total. The quantitative estimate of drug-likeness (QED) is 0.927. The van der Waals surface area contributed by atoms with Crippen LogP contribution in [0.2, 0.25) is 0 Å². The number of anilines is 2. The van der Waals surface area contributed by atoms with Gasteiger partial charge in [-0.05, 0) is 31.4 Å². The van der Waals surface area contributed by atoms with E-state index in [2.05, 4.69) is 9.88 Å². The van der Waals surface area contributed by atoms with Gasteiger partial charge in [0.2, 0.25) is 5.92 Å². The molecule has 0 bridgehead atoms. The Kier molecular flexibility index (Phi) is 4.37. The van der Waals surface area contributed by atoms with Crippen molar-refractivity contribution in [2.75, 3.05) is 36.0 Å². The van der Waals surface area contributed by atoms with Crippen molar-refractivity contribution in [3.8, 4) is 0 Å². The maximum absolute atomic E-state index is 13.6. The number of carbonyl (C=O) groups excluding carboxylic acids is 1. The second kappa shape index (κ2) is 6.29. The molecular weight excluding hydrogens is 302 g/mol. The lowest BCUT2D eigenvalue weighted by atomic mass is 10.1. The summed E-state index contributed by atoms with van der Waals surface area (Å²) in [6, 6.07) is 3.46. The smallest absolute Gasteiger partial charge is 0.252 e. The number of primary amides is 1. The Morgan fingerprint density at radius 2 is 1.74 bits per heavy atom. The molecule has 0 saturated carbocycles. The molecule has 126 valence electrons. The number of alkyl halides is 2. The highest BCUT2D eigenvalue weighted by Crippen LogP contribution is 2.31. The van der Waals surface area contributed by atoms with Gasteiger partial charge in [-0.3, -0.25) is 4.79 Å². The van der Waals surface area contributed by atoms with E-state index in [0.717, 1.165) is 31.7 Å². The molecule has 1 aromatic rings. The van der Waals surface area contributed by atoms with Gasteiger partial charge in [0.15, 0.2) is 0 Å². The fourth-order valence-electron chi connectivity index (χ4n) is 3.27. The van der Waals surface area contributed by atoms with E-state index in [4.69, 9.17) is 5.73 Å². The van der Waals surface area contributed by atoms with Gasteiger partial charge in [0.05, 0.1) is 5.56 Å². The van der Waals surface area contributed by atoms with Crippen molar-refractivity contribution >= 4 is 17.5 Å². The molecule has 0 unspecified atom stereocenters. The van der Waals surface area contributed by atoms with Crippen LogP contribution in [-0.2, 0) is 0 Å². The summed E-state index contributed by atoms with van der Waals surface area (Å²) >= 11 is 0. The molecule has 5 nitrogen and oxygen atoms in total. The first-order chi connectivity index (χ1) is 11.0. The van der Waals surface area contributed by atoms with Gasteiger partial charge < -0.3 is 15.5 Å². The van der Waals surface area contributed by atoms with Crippen LogP contribution in [0.25, 0.3) is 0 Å². The third-order valence-corrected chi connectivity index (χ3v) is 4.57. The normalized spacial score (nSPS) is 21.3. The highest BCUT2D eigenvalue weighted by molar-refractivity contribution is 5.98. The lowest BCUT2D eigenvalue weighted by Gasteiger charge is -2.26. The van der Waals surface area contributed by atoms with Crippen molar-refractivity contribution in [3.63, 3.8) is 0 Å². The largest absolute Gasteiger partial charge is 0.365 e. The number of amides is 1. The molecule has 0 radical (unpaired) electrons. The highest BCUT2D eigenvalue weighted by atomic mass is 19.3. The Hall–Kier alpha value is -1.92. The molecular formula is C16H22F2N4O. The molecule has 23 heavy (non-hydrogen) atoms. The summed E-state index contributed by atoms with van der Waals surface area (Å²) in [6.45, 7) is 2.51. The van der Waals surface area contributed by atoms with Crippen LogP contribution >= 0.6 is 0 Å². The number of hydrogen-bond donors (Lipinski definition) is 1. The minimum atomic E-state index is -2.64. The van der Waals surface area contributed by atoms with E-state index >= 15 is 0 Å². The molecule has 2 saturated heterocycles.